The lowest BCUT2D eigenvalue weighted by molar-refractivity contribution is -0.156. The number of piperazine rings is 1. The highest BCUT2D eigenvalue weighted by molar-refractivity contribution is 6.01. The summed E-state index contributed by atoms with van der Waals surface area (Å²) in [4.78, 5) is 72.3. The number of methoxy groups -OCH3 is 1. The number of halogens is 3. The van der Waals surface area contributed by atoms with Crippen molar-refractivity contribution in [3.8, 4) is 5.75 Å². The van der Waals surface area contributed by atoms with Crippen molar-refractivity contribution in [3.05, 3.63) is 53.3 Å². The Morgan fingerprint density at radius 2 is 1.73 bits per heavy atom. The second-order valence-electron chi connectivity index (χ2n) is 17.4. The van der Waals surface area contributed by atoms with Crippen molar-refractivity contribution in [2.45, 2.75) is 93.8 Å². The summed E-state index contributed by atoms with van der Waals surface area (Å²) >= 11 is 0. The number of hydrogen-bond acceptors (Lipinski definition) is 12. The topological polar surface area (TPSA) is 171 Å². The van der Waals surface area contributed by atoms with Gasteiger partial charge >= 0.3 is 5.92 Å². The van der Waals surface area contributed by atoms with Gasteiger partial charge in [0.05, 0.1) is 49.7 Å². The highest BCUT2D eigenvalue weighted by Gasteiger charge is 2.54. The Bertz CT molecular complexity index is 2030. The molecule has 2 aromatic carbocycles. The fraction of sp³-hybridized carbons (Fsp3) is 0.605. The SMILES string of the molecule is COc1cc(C(=O)NC2CCCN(C(=O)CN3CCN(c4ccc(C5CCC(=O)NC5=O)cc4F)CC3)C2)ccc1NC1NCC2C(N1)N(C1CCCC1)CC(F)(F)C(=O)N2C. The van der Waals surface area contributed by atoms with Gasteiger partial charge in [-0.25, -0.2) is 4.39 Å². The van der Waals surface area contributed by atoms with Crippen LogP contribution in [0.5, 0.6) is 5.75 Å². The van der Waals surface area contributed by atoms with Gasteiger partial charge in [0.1, 0.15) is 17.9 Å². The molecule has 6 aliphatic rings. The van der Waals surface area contributed by atoms with E-state index in [1.54, 1.807) is 40.1 Å². The number of carbonyl (C=O) groups is 5. The zero-order valence-electron chi connectivity index (χ0n) is 35.3. The Labute approximate surface area is 359 Å². The van der Waals surface area contributed by atoms with Crippen LogP contribution in [0.1, 0.15) is 73.2 Å². The molecular formula is C43H57F3N10O6. The average Bonchev–Trinajstić information content (AvgIpc) is 3.79. The summed E-state index contributed by atoms with van der Waals surface area (Å²) in [5, 5.41) is 15.5. The van der Waals surface area contributed by atoms with Crippen LogP contribution in [-0.4, -0.2) is 159 Å². The van der Waals surface area contributed by atoms with E-state index >= 15 is 13.2 Å². The van der Waals surface area contributed by atoms with Gasteiger partial charge in [-0.05, 0) is 68.0 Å². The molecule has 5 unspecified atom stereocenters. The van der Waals surface area contributed by atoms with Crippen molar-refractivity contribution < 1.29 is 41.9 Å². The number of ether oxygens (including phenoxy) is 1. The van der Waals surface area contributed by atoms with Crippen LogP contribution < -0.4 is 36.2 Å². The number of amides is 5. The summed E-state index contributed by atoms with van der Waals surface area (Å²) in [6.45, 7) is 2.97. The number of likely N-dealkylation sites (tertiary alicyclic amines) is 1. The third kappa shape index (κ3) is 9.35. The molecular weight excluding hydrogens is 810 g/mol. The standard InChI is InChI=1S/C43H57F3N10O6/c1-52-34-22-47-42(51-38(34)56(29-7-3-4-8-29)25-43(45,46)41(52)61)49-32-12-9-27(21-35(32)62-2)39(59)48-28-6-5-15-55(23-28)37(58)24-53-16-18-54(19-17-53)33-13-10-26(20-31(33)44)30-11-14-36(57)50-40(30)60/h9-10,12-13,20-21,28-30,34,38,42,47,49,51H,3-8,11,14-19,22-25H2,1-2H3,(H,48,59)(H,50,57,60). The number of carbonyl (C=O) groups excluding carboxylic acids is 5. The molecule has 336 valence electrons. The first-order valence-electron chi connectivity index (χ1n) is 21.8. The van der Waals surface area contributed by atoms with Gasteiger partial charge in [-0.2, -0.15) is 8.78 Å². The summed E-state index contributed by atoms with van der Waals surface area (Å²) in [6.07, 6.45) is 4.47. The van der Waals surface area contributed by atoms with Crippen LogP contribution in [0.4, 0.5) is 24.5 Å². The molecule has 16 nitrogen and oxygen atoms in total. The summed E-state index contributed by atoms with van der Waals surface area (Å²) in [6, 6.07) is 9.03. The number of rotatable bonds is 10. The molecule has 5 aliphatic heterocycles. The lowest BCUT2D eigenvalue weighted by Gasteiger charge is -2.46. The molecule has 0 radical (unpaired) electrons. The fourth-order valence-electron chi connectivity index (χ4n) is 9.99. The number of nitrogens with zero attached hydrogens (tertiary/aromatic N) is 5. The van der Waals surface area contributed by atoms with Crippen molar-refractivity contribution in [3.63, 3.8) is 0 Å². The van der Waals surface area contributed by atoms with E-state index in [0.29, 0.717) is 80.4 Å². The normalized spacial score (nSPS) is 27.7. The Hall–Kier alpha value is -4.98. The molecule has 6 fully saturated rings. The Morgan fingerprint density at radius 1 is 0.952 bits per heavy atom. The predicted octanol–water partition coefficient (Wildman–Crippen LogP) is 1.83. The lowest BCUT2D eigenvalue weighted by Crippen LogP contribution is -2.71. The smallest absolute Gasteiger partial charge is 0.337 e. The second kappa shape index (κ2) is 18.4. The van der Waals surface area contributed by atoms with Gasteiger partial charge in [0.15, 0.2) is 0 Å². The minimum absolute atomic E-state index is 0.0345. The largest absolute Gasteiger partial charge is 0.495 e. The van der Waals surface area contributed by atoms with Gasteiger partial charge in [-0.15, -0.1) is 0 Å². The highest BCUT2D eigenvalue weighted by Crippen LogP contribution is 2.35. The van der Waals surface area contributed by atoms with Gasteiger partial charge in [-0.1, -0.05) is 18.9 Å². The van der Waals surface area contributed by atoms with Crippen LogP contribution in [0.3, 0.4) is 0 Å². The Balaban J connectivity index is 0.823. The van der Waals surface area contributed by atoms with Crippen LogP contribution in [-0.2, 0) is 19.2 Å². The molecule has 5 atom stereocenters. The maximum atomic E-state index is 15.3. The first-order chi connectivity index (χ1) is 29.8. The highest BCUT2D eigenvalue weighted by atomic mass is 19.3. The molecule has 0 bridgehead atoms. The number of benzene rings is 2. The molecule has 5 amide bonds. The monoisotopic (exact) mass is 866 g/mol. The van der Waals surface area contributed by atoms with Crippen molar-refractivity contribution in [2.24, 2.45) is 0 Å². The van der Waals surface area contributed by atoms with E-state index in [9.17, 15) is 24.0 Å². The van der Waals surface area contributed by atoms with E-state index in [4.69, 9.17) is 4.74 Å². The van der Waals surface area contributed by atoms with E-state index in [-0.39, 0.29) is 49.3 Å². The molecule has 2 aromatic rings. The number of likely N-dealkylation sites (N-methyl/N-ethyl adjacent to an activating group) is 1. The van der Waals surface area contributed by atoms with Crippen molar-refractivity contribution in [1.29, 1.82) is 0 Å². The number of nitrogens with one attached hydrogen (secondary N) is 5. The Kier molecular flexibility index (Phi) is 13.0. The Morgan fingerprint density at radius 3 is 2.45 bits per heavy atom. The number of hydrogen-bond donors (Lipinski definition) is 5. The van der Waals surface area contributed by atoms with Gasteiger partial charge in [0, 0.05) is 76.9 Å². The summed E-state index contributed by atoms with van der Waals surface area (Å²) in [5.74, 6) is -6.31. The lowest BCUT2D eigenvalue weighted by atomic mass is 9.90. The first kappa shape index (κ1) is 43.7. The number of imide groups is 1. The third-order valence-electron chi connectivity index (χ3n) is 13.5. The summed E-state index contributed by atoms with van der Waals surface area (Å²) in [7, 11) is 2.94. The maximum Gasteiger partial charge on any atom is 0.337 e. The molecule has 0 spiro atoms. The van der Waals surface area contributed by atoms with Gasteiger partial charge < -0.3 is 30.1 Å². The van der Waals surface area contributed by atoms with Crippen molar-refractivity contribution in [2.75, 3.05) is 83.3 Å². The number of anilines is 2. The van der Waals surface area contributed by atoms with Crippen LogP contribution in [0.2, 0.25) is 0 Å². The van der Waals surface area contributed by atoms with E-state index in [1.807, 2.05) is 4.90 Å². The first-order valence-corrected chi connectivity index (χ1v) is 21.8. The summed E-state index contributed by atoms with van der Waals surface area (Å²) < 4.78 is 51.2. The molecule has 0 aromatic heterocycles. The molecule has 62 heavy (non-hydrogen) atoms. The van der Waals surface area contributed by atoms with Gasteiger partial charge in [0.25, 0.3) is 11.8 Å². The van der Waals surface area contributed by atoms with Crippen molar-refractivity contribution in [1.82, 2.24) is 40.9 Å². The average molecular weight is 867 g/mol. The number of piperidine rings is 2. The minimum Gasteiger partial charge on any atom is -0.495 e. The predicted molar refractivity (Wildman–Crippen MR) is 223 cm³/mol. The van der Waals surface area contributed by atoms with E-state index in [0.717, 1.165) is 37.0 Å². The maximum absolute atomic E-state index is 15.3. The molecule has 5 saturated heterocycles. The minimum atomic E-state index is -3.49. The molecule has 19 heteroatoms. The quantitative estimate of drug-likeness (QED) is 0.220. The third-order valence-corrected chi connectivity index (χ3v) is 13.5. The van der Waals surface area contributed by atoms with Crippen LogP contribution in [0.15, 0.2) is 36.4 Å². The van der Waals surface area contributed by atoms with Gasteiger partial charge in [0.2, 0.25) is 17.7 Å². The second-order valence-corrected chi connectivity index (χ2v) is 17.4. The zero-order chi connectivity index (χ0) is 43.7. The molecule has 1 saturated carbocycles. The van der Waals surface area contributed by atoms with E-state index in [1.165, 1.54) is 20.2 Å². The fourth-order valence-corrected chi connectivity index (χ4v) is 9.99. The van der Waals surface area contributed by atoms with Crippen LogP contribution >= 0.6 is 0 Å². The number of fused-ring (bicyclic) bond motifs is 1. The molecule has 5 heterocycles. The van der Waals surface area contributed by atoms with Gasteiger partial charge in [-0.3, -0.25) is 49.7 Å². The molecule has 8 rings (SSSR count). The van der Waals surface area contributed by atoms with Crippen LogP contribution in [0.25, 0.3) is 0 Å². The van der Waals surface area contributed by atoms with E-state index in [2.05, 4.69) is 31.5 Å². The molecule has 1 aliphatic carbocycles. The molecule has 5 N–H and O–H groups in total. The van der Waals surface area contributed by atoms with Crippen LogP contribution in [0, 0.1) is 5.82 Å². The van der Waals surface area contributed by atoms with E-state index < -0.39 is 54.5 Å². The number of alkyl halides is 2. The van der Waals surface area contributed by atoms with Crippen molar-refractivity contribution >= 4 is 40.9 Å². The zero-order valence-corrected chi connectivity index (χ0v) is 35.3. The summed E-state index contributed by atoms with van der Waals surface area (Å²) in [5.41, 5.74) is 1.93.